The van der Waals surface area contributed by atoms with Crippen LogP contribution < -0.4 is 0 Å². The van der Waals surface area contributed by atoms with Gasteiger partial charge in [0.05, 0.1) is 11.7 Å². The van der Waals surface area contributed by atoms with E-state index in [4.69, 9.17) is 4.74 Å². The van der Waals surface area contributed by atoms with E-state index in [2.05, 4.69) is 45.9 Å². The lowest BCUT2D eigenvalue weighted by Gasteiger charge is -2.23. The first-order valence-corrected chi connectivity index (χ1v) is 6.67. The lowest BCUT2D eigenvalue weighted by molar-refractivity contribution is -0.0366. The average Bonchev–Trinajstić information content (AvgIpc) is 2.75. The van der Waals surface area contributed by atoms with Gasteiger partial charge in [0, 0.05) is 15.6 Å². The molecule has 1 aliphatic heterocycles. The molecule has 1 aromatic carbocycles. The van der Waals surface area contributed by atoms with Crippen molar-refractivity contribution in [2.75, 3.05) is 6.61 Å². The Kier molecular flexibility index (Phi) is 2.85. The molecule has 1 aromatic heterocycles. The fourth-order valence-corrected chi connectivity index (χ4v) is 2.80. The van der Waals surface area contributed by atoms with E-state index in [9.17, 15) is 0 Å². The average molecular weight is 328 g/mol. The third-order valence-electron chi connectivity index (χ3n) is 3.02. The summed E-state index contributed by atoms with van der Waals surface area (Å²) in [5, 5.41) is 5.69. The first-order valence-electron chi connectivity index (χ1n) is 5.59. The molecule has 1 saturated heterocycles. The lowest BCUT2D eigenvalue weighted by Crippen LogP contribution is -2.18. The van der Waals surface area contributed by atoms with Gasteiger partial charge in [0.2, 0.25) is 0 Å². The number of nitrogens with zero attached hydrogens (tertiary/aromatic N) is 2. The van der Waals surface area contributed by atoms with Gasteiger partial charge < -0.3 is 4.74 Å². The lowest BCUT2D eigenvalue weighted by atomic mass is 10.2. The van der Waals surface area contributed by atoms with E-state index in [-0.39, 0.29) is 6.23 Å². The van der Waals surface area contributed by atoms with E-state index in [1.54, 1.807) is 0 Å². The van der Waals surface area contributed by atoms with Crippen LogP contribution in [0.1, 0.15) is 25.5 Å². The summed E-state index contributed by atoms with van der Waals surface area (Å²) in [6.07, 6.45) is 5.55. The number of hydrogen-bond acceptors (Lipinski definition) is 2. The zero-order valence-electron chi connectivity index (χ0n) is 8.90. The Bertz CT molecular complexity index is 503. The molecule has 4 heteroatoms. The quantitative estimate of drug-likeness (QED) is 0.751. The first-order chi connectivity index (χ1) is 7.86. The summed E-state index contributed by atoms with van der Waals surface area (Å²) in [4.78, 5) is 0. The second-order valence-corrected chi connectivity index (χ2v) is 5.25. The van der Waals surface area contributed by atoms with Crippen LogP contribution in [0.2, 0.25) is 0 Å². The van der Waals surface area contributed by atoms with Crippen LogP contribution in [0.4, 0.5) is 0 Å². The third kappa shape index (κ3) is 1.73. The van der Waals surface area contributed by atoms with Gasteiger partial charge in [-0.1, -0.05) is 6.07 Å². The van der Waals surface area contributed by atoms with E-state index in [0.717, 1.165) is 13.0 Å². The van der Waals surface area contributed by atoms with E-state index in [0.29, 0.717) is 0 Å². The predicted molar refractivity (Wildman–Crippen MR) is 71.3 cm³/mol. The minimum absolute atomic E-state index is 0.129. The topological polar surface area (TPSA) is 27.1 Å². The van der Waals surface area contributed by atoms with Crippen LogP contribution in [0.25, 0.3) is 10.9 Å². The van der Waals surface area contributed by atoms with Gasteiger partial charge in [0.15, 0.2) is 6.23 Å². The van der Waals surface area contributed by atoms with Gasteiger partial charge in [-0.05, 0) is 54.0 Å². The summed E-state index contributed by atoms with van der Waals surface area (Å²) < 4.78 is 9.04. The van der Waals surface area contributed by atoms with Crippen molar-refractivity contribution >= 4 is 33.5 Å². The Balaban J connectivity index is 2.06. The molecular weight excluding hydrogens is 315 g/mol. The van der Waals surface area contributed by atoms with E-state index in [1.807, 2.05) is 10.9 Å². The predicted octanol–water partition coefficient (Wildman–Crippen LogP) is 3.34. The molecule has 1 atom stereocenters. The van der Waals surface area contributed by atoms with Crippen molar-refractivity contribution in [2.24, 2.45) is 0 Å². The van der Waals surface area contributed by atoms with Crippen LogP contribution in [0.5, 0.6) is 0 Å². The van der Waals surface area contributed by atoms with Crippen molar-refractivity contribution in [1.82, 2.24) is 9.78 Å². The standard InChI is InChI=1S/C12H13IN2O/c13-10-4-3-5-11-9(10)8-14-15(11)12-6-1-2-7-16-12/h3-5,8,12H,1-2,6-7H2/t12-/m0/s1. The molecule has 2 heterocycles. The Morgan fingerprint density at radius 2 is 2.31 bits per heavy atom. The van der Waals surface area contributed by atoms with Crippen molar-refractivity contribution in [3.63, 3.8) is 0 Å². The Hall–Kier alpha value is -0.620. The molecule has 84 valence electrons. The number of ether oxygens (including phenoxy) is 1. The van der Waals surface area contributed by atoms with Crippen LogP contribution in [0, 0.1) is 3.57 Å². The van der Waals surface area contributed by atoms with E-state index >= 15 is 0 Å². The smallest absolute Gasteiger partial charge is 0.150 e. The molecule has 0 bridgehead atoms. The molecule has 1 fully saturated rings. The van der Waals surface area contributed by atoms with Crippen molar-refractivity contribution < 1.29 is 4.74 Å². The summed E-state index contributed by atoms with van der Waals surface area (Å²) in [6.45, 7) is 0.857. The summed E-state index contributed by atoms with van der Waals surface area (Å²) in [5.41, 5.74) is 1.18. The number of rotatable bonds is 1. The summed E-state index contributed by atoms with van der Waals surface area (Å²) in [5.74, 6) is 0. The van der Waals surface area contributed by atoms with Gasteiger partial charge >= 0.3 is 0 Å². The van der Waals surface area contributed by atoms with Gasteiger partial charge in [-0.3, -0.25) is 0 Å². The molecule has 0 N–H and O–H groups in total. The highest BCUT2D eigenvalue weighted by atomic mass is 127. The van der Waals surface area contributed by atoms with Crippen molar-refractivity contribution in [3.8, 4) is 0 Å². The molecule has 0 aliphatic carbocycles. The Labute approximate surface area is 108 Å². The number of hydrogen-bond donors (Lipinski definition) is 0. The molecule has 0 amide bonds. The van der Waals surface area contributed by atoms with Crippen molar-refractivity contribution in [3.05, 3.63) is 28.0 Å². The fraction of sp³-hybridized carbons (Fsp3) is 0.417. The molecule has 0 unspecified atom stereocenters. The second-order valence-electron chi connectivity index (χ2n) is 4.08. The molecule has 16 heavy (non-hydrogen) atoms. The molecule has 0 saturated carbocycles. The van der Waals surface area contributed by atoms with Gasteiger partial charge in [0.1, 0.15) is 0 Å². The normalized spacial score (nSPS) is 21.4. The van der Waals surface area contributed by atoms with Gasteiger partial charge in [-0.2, -0.15) is 5.10 Å². The van der Waals surface area contributed by atoms with Crippen LogP contribution in [-0.2, 0) is 4.74 Å². The summed E-state index contributed by atoms with van der Waals surface area (Å²) >= 11 is 2.35. The number of fused-ring (bicyclic) bond motifs is 1. The molecule has 0 radical (unpaired) electrons. The summed E-state index contributed by atoms with van der Waals surface area (Å²) in [7, 11) is 0. The largest absolute Gasteiger partial charge is 0.356 e. The van der Waals surface area contributed by atoms with Gasteiger partial charge in [0.25, 0.3) is 0 Å². The van der Waals surface area contributed by atoms with Crippen molar-refractivity contribution in [2.45, 2.75) is 25.5 Å². The molecule has 3 rings (SSSR count). The number of benzene rings is 1. The highest BCUT2D eigenvalue weighted by Gasteiger charge is 2.18. The molecular formula is C12H13IN2O. The Morgan fingerprint density at radius 3 is 3.12 bits per heavy atom. The second kappa shape index (κ2) is 4.33. The van der Waals surface area contributed by atoms with Crippen LogP contribution in [0.15, 0.2) is 24.4 Å². The fourth-order valence-electron chi connectivity index (χ4n) is 2.18. The van der Waals surface area contributed by atoms with Crippen LogP contribution in [0.3, 0.4) is 0 Å². The zero-order chi connectivity index (χ0) is 11.0. The minimum Gasteiger partial charge on any atom is -0.356 e. The monoisotopic (exact) mass is 328 g/mol. The van der Waals surface area contributed by atoms with E-state index in [1.165, 1.54) is 27.3 Å². The van der Waals surface area contributed by atoms with E-state index < -0.39 is 0 Å². The zero-order valence-corrected chi connectivity index (χ0v) is 11.1. The number of aromatic nitrogens is 2. The molecule has 2 aromatic rings. The number of halogens is 1. The first kappa shape index (κ1) is 10.5. The highest BCUT2D eigenvalue weighted by Crippen LogP contribution is 2.27. The highest BCUT2D eigenvalue weighted by molar-refractivity contribution is 14.1. The maximum absolute atomic E-state index is 5.77. The molecule has 3 nitrogen and oxygen atoms in total. The van der Waals surface area contributed by atoms with Gasteiger partial charge in [-0.25, -0.2) is 4.68 Å². The minimum atomic E-state index is 0.129. The van der Waals surface area contributed by atoms with Crippen molar-refractivity contribution in [1.29, 1.82) is 0 Å². The maximum atomic E-state index is 5.77. The van der Waals surface area contributed by atoms with Crippen LogP contribution in [-0.4, -0.2) is 16.4 Å². The summed E-state index contributed by atoms with van der Waals surface area (Å²) in [6, 6.07) is 6.30. The third-order valence-corrected chi connectivity index (χ3v) is 3.96. The molecule has 1 aliphatic rings. The van der Waals surface area contributed by atoms with Crippen LogP contribution >= 0.6 is 22.6 Å². The Morgan fingerprint density at radius 1 is 1.38 bits per heavy atom. The maximum Gasteiger partial charge on any atom is 0.150 e. The molecule has 0 spiro atoms. The van der Waals surface area contributed by atoms with Gasteiger partial charge in [-0.15, -0.1) is 0 Å². The SMILES string of the molecule is Ic1cccc2c1cnn2[C@@H]1CCCCO1.